The first-order chi connectivity index (χ1) is 12.0. The zero-order chi connectivity index (χ0) is 17.7. The Balaban J connectivity index is 1.70. The summed E-state index contributed by atoms with van der Waals surface area (Å²) in [6.07, 6.45) is 1.88. The van der Waals surface area contributed by atoms with Crippen LogP contribution in [-0.4, -0.2) is 34.4 Å². The van der Waals surface area contributed by atoms with Gasteiger partial charge in [0, 0.05) is 19.1 Å². The monoisotopic (exact) mass is 339 g/mol. The lowest BCUT2D eigenvalue weighted by molar-refractivity contribution is -0.129. The van der Waals surface area contributed by atoms with Crippen LogP contribution in [0.25, 0.3) is 0 Å². The fraction of sp³-hybridized carbons (Fsp3) is 0.455. The molecule has 1 aliphatic heterocycles. The molecule has 3 heteroatoms. The van der Waals surface area contributed by atoms with Crippen LogP contribution in [0, 0.1) is 0 Å². The average molecular weight is 339 g/mol. The van der Waals surface area contributed by atoms with E-state index in [1.54, 1.807) is 0 Å². The zero-order valence-electron chi connectivity index (χ0n) is 15.3. The van der Waals surface area contributed by atoms with Crippen LogP contribution in [0.15, 0.2) is 60.7 Å². The number of aliphatic hydroxyl groups is 1. The van der Waals surface area contributed by atoms with Gasteiger partial charge < -0.3 is 9.84 Å². The van der Waals surface area contributed by atoms with Crippen molar-refractivity contribution in [3.63, 3.8) is 0 Å². The molecule has 1 fully saturated rings. The van der Waals surface area contributed by atoms with Gasteiger partial charge in [0.1, 0.15) is 0 Å². The first kappa shape index (κ1) is 18.1. The predicted octanol–water partition coefficient (Wildman–Crippen LogP) is 4.01. The molecule has 0 radical (unpaired) electrons. The van der Waals surface area contributed by atoms with Gasteiger partial charge in [0.25, 0.3) is 0 Å². The van der Waals surface area contributed by atoms with Gasteiger partial charge in [-0.25, -0.2) is 0 Å². The van der Waals surface area contributed by atoms with Gasteiger partial charge in [-0.1, -0.05) is 60.7 Å². The molecule has 134 valence electrons. The largest absolute Gasteiger partial charge is 0.388 e. The van der Waals surface area contributed by atoms with E-state index in [9.17, 15) is 5.11 Å². The highest BCUT2D eigenvalue weighted by atomic mass is 16.5. The maximum Gasteiger partial charge on any atom is 0.0857 e. The molecule has 0 amide bonds. The molecular weight excluding hydrogens is 310 g/mol. The van der Waals surface area contributed by atoms with Crippen molar-refractivity contribution < 1.29 is 9.84 Å². The SMILES string of the molecule is CC(C)(O)[C@@H]1CCC(N(Cc2ccccc2)Cc2ccccc2)CO1. The highest BCUT2D eigenvalue weighted by Gasteiger charge is 2.34. The Hall–Kier alpha value is -1.68. The molecule has 0 spiro atoms. The summed E-state index contributed by atoms with van der Waals surface area (Å²) < 4.78 is 6.02. The van der Waals surface area contributed by atoms with Gasteiger partial charge in [0.05, 0.1) is 18.3 Å². The van der Waals surface area contributed by atoms with E-state index < -0.39 is 5.60 Å². The van der Waals surface area contributed by atoms with Gasteiger partial charge in [-0.3, -0.25) is 4.90 Å². The van der Waals surface area contributed by atoms with Crippen LogP contribution in [0.5, 0.6) is 0 Å². The number of hydrogen-bond acceptors (Lipinski definition) is 3. The summed E-state index contributed by atoms with van der Waals surface area (Å²) in [5, 5.41) is 10.2. The van der Waals surface area contributed by atoms with Crippen molar-refractivity contribution >= 4 is 0 Å². The third-order valence-electron chi connectivity index (χ3n) is 5.01. The van der Waals surface area contributed by atoms with E-state index >= 15 is 0 Å². The van der Waals surface area contributed by atoms with Crippen molar-refractivity contribution in [1.29, 1.82) is 0 Å². The minimum Gasteiger partial charge on any atom is -0.388 e. The summed E-state index contributed by atoms with van der Waals surface area (Å²) in [5.74, 6) is 0. The summed E-state index contributed by atoms with van der Waals surface area (Å²) in [5.41, 5.74) is 1.88. The molecule has 1 N–H and O–H groups in total. The highest BCUT2D eigenvalue weighted by Crippen LogP contribution is 2.27. The Morgan fingerprint density at radius 3 is 1.84 bits per heavy atom. The minimum atomic E-state index is -0.769. The van der Waals surface area contributed by atoms with Gasteiger partial charge >= 0.3 is 0 Å². The number of rotatable bonds is 6. The van der Waals surface area contributed by atoms with Gasteiger partial charge in [-0.15, -0.1) is 0 Å². The first-order valence-electron chi connectivity index (χ1n) is 9.18. The molecule has 2 atom stereocenters. The van der Waals surface area contributed by atoms with E-state index in [0.717, 1.165) is 25.9 Å². The normalized spacial score (nSPS) is 21.4. The van der Waals surface area contributed by atoms with E-state index in [0.29, 0.717) is 12.6 Å². The standard InChI is InChI=1S/C22H29NO2/c1-22(2,24)21-14-13-20(17-25-21)23(15-18-9-5-3-6-10-18)16-19-11-7-4-8-12-19/h3-12,20-21,24H,13-17H2,1-2H3/t20?,21-/m0/s1. The van der Waals surface area contributed by atoms with Crippen molar-refractivity contribution in [3.05, 3.63) is 71.8 Å². The Morgan fingerprint density at radius 1 is 0.920 bits per heavy atom. The fourth-order valence-corrected chi connectivity index (χ4v) is 3.53. The maximum absolute atomic E-state index is 10.2. The molecule has 0 aromatic heterocycles. The van der Waals surface area contributed by atoms with E-state index in [2.05, 4.69) is 65.6 Å². The predicted molar refractivity (Wildman–Crippen MR) is 101 cm³/mol. The fourth-order valence-electron chi connectivity index (χ4n) is 3.53. The van der Waals surface area contributed by atoms with Crippen LogP contribution in [0.2, 0.25) is 0 Å². The maximum atomic E-state index is 10.2. The number of nitrogens with zero attached hydrogens (tertiary/aromatic N) is 1. The van der Waals surface area contributed by atoms with Crippen LogP contribution in [-0.2, 0) is 17.8 Å². The molecule has 1 saturated heterocycles. The summed E-state index contributed by atoms with van der Waals surface area (Å²) in [7, 11) is 0. The van der Waals surface area contributed by atoms with Crippen LogP contribution in [0.4, 0.5) is 0 Å². The van der Waals surface area contributed by atoms with Gasteiger partial charge in [0.15, 0.2) is 0 Å². The van der Waals surface area contributed by atoms with Crippen molar-refractivity contribution in [2.45, 2.75) is 57.5 Å². The number of hydrogen-bond donors (Lipinski definition) is 1. The second-order valence-corrected chi connectivity index (χ2v) is 7.58. The highest BCUT2D eigenvalue weighted by molar-refractivity contribution is 5.17. The Kier molecular flexibility index (Phi) is 5.89. The molecule has 1 aliphatic rings. The van der Waals surface area contributed by atoms with Crippen molar-refractivity contribution in [3.8, 4) is 0 Å². The molecular formula is C22H29NO2. The number of benzene rings is 2. The van der Waals surface area contributed by atoms with Gasteiger partial charge in [-0.05, 0) is 37.8 Å². The van der Waals surface area contributed by atoms with Gasteiger partial charge in [0.2, 0.25) is 0 Å². The van der Waals surface area contributed by atoms with E-state index in [1.165, 1.54) is 11.1 Å². The molecule has 2 aromatic carbocycles. The molecule has 0 aliphatic carbocycles. The molecule has 3 nitrogen and oxygen atoms in total. The number of ether oxygens (including phenoxy) is 1. The van der Waals surface area contributed by atoms with Crippen LogP contribution in [0.1, 0.15) is 37.8 Å². The topological polar surface area (TPSA) is 32.7 Å². The van der Waals surface area contributed by atoms with Gasteiger partial charge in [-0.2, -0.15) is 0 Å². The lowest BCUT2D eigenvalue weighted by atomic mass is 9.92. The molecule has 1 unspecified atom stereocenters. The third kappa shape index (κ3) is 5.15. The average Bonchev–Trinajstić information content (AvgIpc) is 2.62. The zero-order valence-corrected chi connectivity index (χ0v) is 15.3. The molecule has 2 aromatic rings. The first-order valence-corrected chi connectivity index (χ1v) is 9.18. The second-order valence-electron chi connectivity index (χ2n) is 7.58. The lowest BCUT2D eigenvalue weighted by Gasteiger charge is -2.40. The molecule has 1 heterocycles. The summed E-state index contributed by atoms with van der Waals surface area (Å²) in [6.45, 7) is 6.18. The lowest BCUT2D eigenvalue weighted by Crippen LogP contribution is -2.48. The summed E-state index contributed by atoms with van der Waals surface area (Å²) in [4.78, 5) is 2.51. The summed E-state index contributed by atoms with van der Waals surface area (Å²) >= 11 is 0. The van der Waals surface area contributed by atoms with E-state index in [1.807, 2.05) is 13.8 Å². The van der Waals surface area contributed by atoms with E-state index in [-0.39, 0.29) is 6.10 Å². The summed E-state index contributed by atoms with van der Waals surface area (Å²) in [6, 6.07) is 21.6. The van der Waals surface area contributed by atoms with Crippen molar-refractivity contribution in [1.82, 2.24) is 4.90 Å². The Morgan fingerprint density at radius 2 is 1.44 bits per heavy atom. The van der Waals surface area contributed by atoms with Crippen molar-refractivity contribution in [2.75, 3.05) is 6.61 Å². The van der Waals surface area contributed by atoms with Crippen molar-refractivity contribution in [2.24, 2.45) is 0 Å². The molecule has 0 saturated carbocycles. The van der Waals surface area contributed by atoms with Crippen LogP contribution < -0.4 is 0 Å². The quantitative estimate of drug-likeness (QED) is 0.863. The minimum absolute atomic E-state index is 0.0703. The molecule has 0 bridgehead atoms. The van der Waals surface area contributed by atoms with Crippen LogP contribution >= 0.6 is 0 Å². The molecule has 25 heavy (non-hydrogen) atoms. The second kappa shape index (κ2) is 8.13. The Bertz CT molecular complexity index is 587. The van der Waals surface area contributed by atoms with E-state index in [4.69, 9.17) is 4.74 Å². The third-order valence-corrected chi connectivity index (χ3v) is 5.01. The Labute approximate surface area is 151 Å². The van der Waals surface area contributed by atoms with Crippen LogP contribution in [0.3, 0.4) is 0 Å². The molecule has 3 rings (SSSR count). The smallest absolute Gasteiger partial charge is 0.0857 e.